The van der Waals surface area contributed by atoms with Crippen molar-refractivity contribution in [1.29, 1.82) is 0 Å². The molecule has 0 spiro atoms. The van der Waals surface area contributed by atoms with E-state index >= 15 is 0 Å². The van der Waals surface area contributed by atoms with Crippen molar-refractivity contribution in [3.8, 4) is 0 Å². The van der Waals surface area contributed by atoms with Crippen LogP contribution in [0.25, 0.3) is 0 Å². The van der Waals surface area contributed by atoms with Gasteiger partial charge in [0.25, 0.3) is 0 Å². The van der Waals surface area contributed by atoms with Crippen molar-refractivity contribution >= 4 is 27.9 Å². The first-order chi connectivity index (χ1) is 4.18. The second kappa shape index (κ2) is 2.53. The summed E-state index contributed by atoms with van der Waals surface area (Å²) in [4.78, 5) is 0. The smallest absolute Gasteiger partial charge is 0.106 e. The Bertz CT molecular complexity index is 170. The number of hydrogen-bond acceptors (Lipinski definition) is 0. The number of hydrogen-bond donors (Lipinski definition) is 0. The molecule has 0 aromatic heterocycles. The molecule has 0 bridgehead atoms. The van der Waals surface area contributed by atoms with Crippen molar-refractivity contribution in [1.82, 2.24) is 0 Å². The molecule has 0 amide bonds. The van der Waals surface area contributed by atoms with Crippen LogP contribution >= 0.6 is 9.24 Å². The maximum absolute atomic E-state index is 5.55. The van der Waals surface area contributed by atoms with Gasteiger partial charge >= 0.3 is 0 Å². The van der Waals surface area contributed by atoms with E-state index in [9.17, 15) is 0 Å². The fourth-order valence-electron chi connectivity index (χ4n) is 0.843. The van der Waals surface area contributed by atoms with E-state index in [0.29, 0.717) is 0 Å². The van der Waals surface area contributed by atoms with Gasteiger partial charge in [0.1, 0.15) is 7.85 Å². The highest BCUT2D eigenvalue weighted by Crippen LogP contribution is 1.93. The summed E-state index contributed by atoms with van der Waals surface area (Å²) in [7, 11) is 8.16. The second-order valence-electron chi connectivity index (χ2n) is 2.18. The Balaban J connectivity index is 3.17. The van der Waals surface area contributed by atoms with E-state index in [1.807, 2.05) is 19.1 Å². The molecular weight excluding hydrogens is 126 g/mol. The van der Waals surface area contributed by atoms with Crippen LogP contribution in [0.1, 0.15) is 5.56 Å². The van der Waals surface area contributed by atoms with Crippen molar-refractivity contribution in [2.75, 3.05) is 0 Å². The third-order valence-electron chi connectivity index (χ3n) is 1.12. The minimum Gasteiger partial charge on any atom is -0.106 e. The Morgan fingerprint density at radius 2 is 2.00 bits per heavy atom. The van der Waals surface area contributed by atoms with Crippen LogP contribution in [0.2, 0.25) is 0 Å². The molecule has 44 valence electrons. The van der Waals surface area contributed by atoms with Crippen LogP contribution in [0.15, 0.2) is 18.2 Å². The molecule has 0 saturated carbocycles. The molecule has 0 fully saturated rings. The number of rotatable bonds is 0. The zero-order valence-electron chi connectivity index (χ0n) is 5.39. The molecule has 1 aromatic rings. The zero-order chi connectivity index (χ0) is 6.85. The quantitative estimate of drug-likeness (QED) is 0.353. The van der Waals surface area contributed by atoms with Crippen LogP contribution in [-0.2, 0) is 0 Å². The van der Waals surface area contributed by atoms with Gasteiger partial charge in [0.05, 0.1) is 0 Å². The van der Waals surface area contributed by atoms with Crippen LogP contribution in [0.5, 0.6) is 0 Å². The molecular formula is C7H8BP. The maximum Gasteiger partial charge on any atom is 0.113 e. The van der Waals surface area contributed by atoms with E-state index in [-0.39, 0.29) is 0 Å². The normalized spacial score (nSPS) is 9.56. The summed E-state index contributed by atoms with van der Waals surface area (Å²) in [5.74, 6) is 0. The highest BCUT2D eigenvalue weighted by atomic mass is 31.0. The first-order valence-electron chi connectivity index (χ1n) is 2.81. The van der Waals surface area contributed by atoms with Crippen molar-refractivity contribution in [3.63, 3.8) is 0 Å². The number of aryl methyl sites for hydroxylation is 1. The van der Waals surface area contributed by atoms with Crippen LogP contribution < -0.4 is 10.8 Å². The first kappa shape index (κ1) is 6.83. The molecule has 1 rings (SSSR count). The van der Waals surface area contributed by atoms with E-state index in [2.05, 4.69) is 15.3 Å². The molecule has 0 aliphatic carbocycles. The predicted molar refractivity (Wildman–Crippen MR) is 45.9 cm³/mol. The fourth-order valence-corrected chi connectivity index (χ4v) is 1.30. The van der Waals surface area contributed by atoms with Gasteiger partial charge in [0.2, 0.25) is 0 Å². The summed E-state index contributed by atoms with van der Waals surface area (Å²) < 4.78 is 0. The van der Waals surface area contributed by atoms with Gasteiger partial charge in [-0.2, -0.15) is 0 Å². The van der Waals surface area contributed by atoms with Crippen molar-refractivity contribution in [2.24, 2.45) is 0 Å². The lowest BCUT2D eigenvalue weighted by molar-refractivity contribution is 1.52. The van der Waals surface area contributed by atoms with Gasteiger partial charge in [-0.25, -0.2) is 0 Å². The van der Waals surface area contributed by atoms with E-state index in [0.717, 1.165) is 10.8 Å². The lowest BCUT2D eigenvalue weighted by Crippen LogP contribution is -2.08. The summed E-state index contributed by atoms with van der Waals surface area (Å²) in [6.45, 7) is 2.03. The Labute approximate surface area is 59.3 Å². The standard InChI is InChI=1S/C7H8BP/c1-5-2-6(8)4-7(9)3-5/h2-4H,9H2,1H3. The van der Waals surface area contributed by atoms with Crippen molar-refractivity contribution < 1.29 is 0 Å². The van der Waals surface area contributed by atoms with Gasteiger partial charge in [-0.15, -0.1) is 9.24 Å². The summed E-state index contributed by atoms with van der Waals surface area (Å²) in [5.41, 5.74) is 2.04. The van der Waals surface area contributed by atoms with Crippen LogP contribution in [0.4, 0.5) is 0 Å². The average molecular weight is 134 g/mol. The summed E-state index contributed by atoms with van der Waals surface area (Å²) in [5, 5.41) is 1.15. The molecule has 0 saturated heterocycles. The third-order valence-corrected chi connectivity index (χ3v) is 1.46. The molecule has 2 heteroatoms. The minimum absolute atomic E-state index is 0.833. The van der Waals surface area contributed by atoms with Crippen LogP contribution in [0, 0.1) is 6.92 Å². The monoisotopic (exact) mass is 134 g/mol. The van der Waals surface area contributed by atoms with Gasteiger partial charge in [-0.1, -0.05) is 29.2 Å². The lowest BCUT2D eigenvalue weighted by atomic mass is 9.95. The lowest BCUT2D eigenvalue weighted by Gasteiger charge is -1.97. The largest absolute Gasteiger partial charge is 0.113 e. The molecule has 1 atom stereocenters. The maximum atomic E-state index is 5.55. The molecule has 9 heavy (non-hydrogen) atoms. The zero-order valence-corrected chi connectivity index (χ0v) is 6.54. The molecule has 0 N–H and O–H groups in total. The Hall–Kier alpha value is -0.285. The van der Waals surface area contributed by atoms with Crippen LogP contribution in [-0.4, -0.2) is 7.85 Å². The average Bonchev–Trinajstić information content (AvgIpc) is 1.59. The van der Waals surface area contributed by atoms with Gasteiger partial charge in [-0.3, -0.25) is 0 Å². The Morgan fingerprint density at radius 3 is 2.44 bits per heavy atom. The highest BCUT2D eigenvalue weighted by Gasteiger charge is 1.87. The summed E-state index contributed by atoms with van der Waals surface area (Å²) in [6.07, 6.45) is 0. The highest BCUT2D eigenvalue weighted by molar-refractivity contribution is 7.27. The molecule has 0 nitrogen and oxygen atoms in total. The van der Waals surface area contributed by atoms with Gasteiger partial charge in [-0.05, 0) is 12.2 Å². The second-order valence-corrected chi connectivity index (χ2v) is 2.84. The first-order valence-corrected chi connectivity index (χ1v) is 3.39. The minimum atomic E-state index is 0.833. The van der Waals surface area contributed by atoms with Gasteiger partial charge in [0, 0.05) is 0 Å². The van der Waals surface area contributed by atoms with E-state index in [4.69, 9.17) is 7.85 Å². The van der Waals surface area contributed by atoms with Crippen molar-refractivity contribution in [2.45, 2.75) is 6.92 Å². The van der Waals surface area contributed by atoms with Gasteiger partial charge < -0.3 is 0 Å². The SMILES string of the molecule is [B]c1cc(C)cc(P)c1. The Morgan fingerprint density at radius 1 is 1.33 bits per heavy atom. The molecule has 2 radical (unpaired) electrons. The van der Waals surface area contributed by atoms with Crippen molar-refractivity contribution in [3.05, 3.63) is 23.8 Å². The fraction of sp³-hybridized carbons (Fsp3) is 0.143. The molecule has 0 aliphatic heterocycles. The molecule has 0 heterocycles. The molecule has 1 unspecified atom stereocenters. The van der Waals surface area contributed by atoms with E-state index in [1.54, 1.807) is 0 Å². The summed E-state index contributed by atoms with van der Waals surface area (Å²) >= 11 is 0. The van der Waals surface area contributed by atoms with Crippen LogP contribution in [0.3, 0.4) is 0 Å². The van der Waals surface area contributed by atoms with E-state index < -0.39 is 0 Å². The topological polar surface area (TPSA) is 0 Å². The Kier molecular flexibility index (Phi) is 1.92. The molecule has 1 aromatic carbocycles. The number of benzene rings is 1. The third kappa shape index (κ3) is 1.84. The predicted octanol–water partition coefficient (Wildman–Crippen LogP) is 0.289. The van der Waals surface area contributed by atoms with E-state index in [1.165, 1.54) is 5.56 Å². The van der Waals surface area contributed by atoms with Gasteiger partial charge in [0.15, 0.2) is 0 Å². The molecule has 0 aliphatic rings. The summed E-state index contributed by atoms with van der Waals surface area (Å²) in [6, 6.07) is 5.95.